The molecule has 1 saturated carbocycles. The van der Waals surface area contributed by atoms with E-state index in [2.05, 4.69) is 25.6 Å². The Balaban J connectivity index is 1.53. The number of fused-ring (bicyclic) bond motifs is 1. The first kappa shape index (κ1) is 26.3. The Labute approximate surface area is 219 Å². The van der Waals surface area contributed by atoms with E-state index in [1.165, 1.54) is 36.4 Å². The fourth-order valence-electron chi connectivity index (χ4n) is 3.97. The molecule has 0 amide bonds. The van der Waals surface area contributed by atoms with Crippen molar-refractivity contribution >= 4 is 32.8 Å². The predicted molar refractivity (Wildman–Crippen MR) is 134 cm³/mol. The van der Waals surface area contributed by atoms with Gasteiger partial charge in [0, 0.05) is 12.1 Å². The topological polar surface area (TPSA) is 147 Å². The van der Waals surface area contributed by atoms with Gasteiger partial charge in [-0.15, -0.1) is 0 Å². The molecule has 39 heavy (non-hydrogen) atoms. The Morgan fingerprint density at radius 1 is 1.03 bits per heavy atom. The fourth-order valence-corrected chi connectivity index (χ4v) is 4.57. The molecule has 4 N–H and O–H groups in total. The van der Waals surface area contributed by atoms with E-state index in [1.807, 2.05) is 6.07 Å². The lowest BCUT2D eigenvalue weighted by Crippen LogP contribution is -2.39. The molecule has 2 aromatic carbocycles. The zero-order valence-corrected chi connectivity index (χ0v) is 20.7. The molecule has 14 heteroatoms. The predicted octanol–water partition coefficient (Wildman–Crippen LogP) is 4.47. The summed E-state index contributed by atoms with van der Waals surface area (Å²) >= 11 is 0. The van der Waals surface area contributed by atoms with E-state index in [1.54, 1.807) is 12.1 Å². The Morgan fingerprint density at radius 2 is 1.74 bits per heavy atom. The molecule has 9 nitrogen and oxygen atoms in total. The van der Waals surface area contributed by atoms with Gasteiger partial charge in [-0.2, -0.15) is 23.4 Å². The molecular weight excluding hydrogens is 538 g/mol. The molecule has 0 aliphatic heterocycles. The Bertz CT molecular complexity index is 1730. The summed E-state index contributed by atoms with van der Waals surface area (Å²) in [4.78, 5) is 12.8. The highest BCUT2D eigenvalue weighted by Gasteiger charge is 2.64. The highest BCUT2D eigenvalue weighted by atomic mass is 32.2. The van der Waals surface area contributed by atoms with E-state index in [0.29, 0.717) is 16.8 Å². The Kier molecular flexibility index (Phi) is 6.36. The molecule has 0 unspecified atom stereocenters. The molecule has 1 aliphatic carbocycles. The summed E-state index contributed by atoms with van der Waals surface area (Å²) in [5.74, 6) is -0.658. The number of pyridine rings is 1. The van der Waals surface area contributed by atoms with E-state index in [9.17, 15) is 31.2 Å². The van der Waals surface area contributed by atoms with Gasteiger partial charge >= 0.3 is 6.18 Å². The first-order valence-corrected chi connectivity index (χ1v) is 13.0. The second-order valence-corrected chi connectivity index (χ2v) is 10.6. The Morgan fingerprint density at radius 3 is 2.36 bits per heavy atom. The maximum absolute atomic E-state index is 13.8. The molecule has 1 aliphatic rings. The van der Waals surface area contributed by atoms with Crippen molar-refractivity contribution in [2.45, 2.75) is 36.0 Å². The van der Waals surface area contributed by atoms with Crippen molar-refractivity contribution in [2.24, 2.45) is 5.14 Å². The number of benzene rings is 2. The zero-order chi connectivity index (χ0) is 28.0. The number of alkyl halides is 3. The van der Waals surface area contributed by atoms with Crippen LogP contribution in [0.1, 0.15) is 24.0 Å². The average Bonchev–Trinajstić information content (AvgIpc) is 3.68. The van der Waals surface area contributed by atoms with Crippen LogP contribution in [-0.2, 0) is 16.6 Å². The summed E-state index contributed by atoms with van der Waals surface area (Å²) in [5, 5.41) is 19.8. The number of nitrogens with zero attached hydrogens (tertiary/aromatic N) is 4. The van der Waals surface area contributed by atoms with Gasteiger partial charge < -0.3 is 10.6 Å². The summed E-state index contributed by atoms with van der Waals surface area (Å²) in [6.07, 6.45) is -4.81. The third-order valence-corrected chi connectivity index (χ3v) is 7.10. The summed E-state index contributed by atoms with van der Waals surface area (Å²) in [6, 6.07) is 14.3. The van der Waals surface area contributed by atoms with Gasteiger partial charge in [-0.1, -0.05) is 0 Å². The van der Waals surface area contributed by atoms with E-state index < -0.39 is 27.6 Å². The van der Waals surface area contributed by atoms with Crippen LogP contribution in [0, 0.1) is 17.1 Å². The van der Waals surface area contributed by atoms with Gasteiger partial charge in [0.15, 0.2) is 5.82 Å². The van der Waals surface area contributed by atoms with Crippen LogP contribution in [0.15, 0.2) is 59.5 Å². The lowest BCUT2D eigenvalue weighted by Gasteiger charge is -2.22. The van der Waals surface area contributed by atoms with E-state index in [0.717, 1.165) is 6.07 Å². The number of halogens is 4. The summed E-state index contributed by atoms with van der Waals surface area (Å²) in [6.45, 7) is -0.0610. The minimum absolute atomic E-state index is 0.0542. The van der Waals surface area contributed by atoms with Crippen LogP contribution in [0.3, 0.4) is 0 Å². The molecule has 5 rings (SSSR count). The third-order valence-electron chi connectivity index (χ3n) is 6.21. The average molecular weight is 558 g/mol. The lowest BCUT2D eigenvalue weighted by molar-refractivity contribution is -0.151. The summed E-state index contributed by atoms with van der Waals surface area (Å²) in [5.41, 5.74) is -0.490. The van der Waals surface area contributed by atoms with Crippen molar-refractivity contribution in [3.8, 4) is 17.3 Å². The van der Waals surface area contributed by atoms with Gasteiger partial charge in [-0.05, 0) is 73.0 Å². The molecule has 0 bridgehead atoms. The highest BCUT2D eigenvalue weighted by molar-refractivity contribution is 7.89. The number of hydrogen-bond donors (Lipinski definition) is 3. The van der Waals surface area contributed by atoms with Gasteiger partial charge in [0.1, 0.15) is 16.9 Å². The molecular formula is C25H19F4N7O2S. The first-order valence-electron chi connectivity index (χ1n) is 11.5. The number of rotatable bonds is 7. The summed E-state index contributed by atoms with van der Waals surface area (Å²) in [7, 11) is -4.09. The second kappa shape index (κ2) is 9.44. The van der Waals surface area contributed by atoms with Crippen LogP contribution in [-0.4, -0.2) is 35.1 Å². The molecule has 1 fully saturated rings. The van der Waals surface area contributed by atoms with Crippen molar-refractivity contribution in [2.75, 3.05) is 10.6 Å². The smallest absolute Gasteiger partial charge is 0.354 e. The van der Waals surface area contributed by atoms with Crippen LogP contribution in [0.5, 0.6) is 0 Å². The van der Waals surface area contributed by atoms with E-state index in [4.69, 9.17) is 5.14 Å². The van der Waals surface area contributed by atoms with Gasteiger partial charge in [0.2, 0.25) is 16.0 Å². The number of hydrogen-bond acceptors (Lipinski definition) is 8. The number of nitrogens with two attached hydrogens (primary N) is 1. The molecule has 2 aromatic heterocycles. The SMILES string of the molecule is N#Cc1cc(CNc2nc(NC3(C(F)(F)F)CC3)c3nc(-c4ccc(F)cc4)ccc3n2)cc(S(N)(=O)=O)c1. The summed E-state index contributed by atoms with van der Waals surface area (Å²) < 4.78 is 78.3. The standard InChI is InChI=1S/C25H19F4N7O2S/c26-17-3-1-16(2-4-17)19-5-6-20-21(33-19)22(36-24(7-8-24)25(27,28)29)35-23(34-20)32-13-15-9-14(12-30)10-18(11-15)39(31,37)38/h1-6,9-11H,7-8,13H2,(H2,31,37,38)(H2,32,34,35,36). The number of aromatic nitrogens is 3. The third kappa shape index (κ3) is 5.45. The van der Waals surface area contributed by atoms with Gasteiger partial charge in [-0.3, -0.25) is 0 Å². The molecule has 200 valence electrons. The van der Waals surface area contributed by atoms with Crippen LogP contribution < -0.4 is 15.8 Å². The van der Waals surface area contributed by atoms with Gasteiger partial charge in [0.05, 0.1) is 27.7 Å². The maximum atomic E-state index is 13.8. The normalized spacial score (nSPS) is 14.6. The quantitative estimate of drug-likeness (QED) is 0.282. The molecule has 0 saturated heterocycles. The largest absolute Gasteiger partial charge is 0.411 e. The van der Waals surface area contributed by atoms with Crippen LogP contribution in [0.4, 0.5) is 29.3 Å². The number of nitriles is 1. The minimum atomic E-state index is -4.53. The zero-order valence-electron chi connectivity index (χ0n) is 19.9. The number of primary sulfonamides is 1. The van der Waals surface area contributed by atoms with Crippen molar-refractivity contribution in [3.05, 3.63) is 71.5 Å². The monoisotopic (exact) mass is 557 g/mol. The molecule has 0 atom stereocenters. The van der Waals surface area contributed by atoms with Crippen LogP contribution >= 0.6 is 0 Å². The van der Waals surface area contributed by atoms with Gasteiger partial charge in [0.25, 0.3) is 0 Å². The molecule has 0 spiro atoms. The van der Waals surface area contributed by atoms with Crippen molar-refractivity contribution in [3.63, 3.8) is 0 Å². The van der Waals surface area contributed by atoms with Gasteiger partial charge in [-0.25, -0.2) is 27.9 Å². The van der Waals surface area contributed by atoms with Crippen LogP contribution in [0.2, 0.25) is 0 Å². The van der Waals surface area contributed by atoms with Crippen LogP contribution in [0.25, 0.3) is 22.3 Å². The highest BCUT2D eigenvalue weighted by Crippen LogP contribution is 2.51. The van der Waals surface area contributed by atoms with E-state index in [-0.39, 0.29) is 52.6 Å². The second-order valence-electron chi connectivity index (χ2n) is 9.05. The number of sulfonamides is 1. The Hall–Kier alpha value is -4.35. The number of nitrogens with one attached hydrogen (secondary N) is 2. The van der Waals surface area contributed by atoms with E-state index >= 15 is 0 Å². The van der Waals surface area contributed by atoms with Crippen molar-refractivity contribution in [1.82, 2.24) is 15.0 Å². The van der Waals surface area contributed by atoms with Crippen molar-refractivity contribution < 1.29 is 26.0 Å². The lowest BCUT2D eigenvalue weighted by atomic mass is 10.1. The molecule has 2 heterocycles. The van der Waals surface area contributed by atoms with Crippen molar-refractivity contribution in [1.29, 1.82) is 5.26 Å². The fraction of sp³-hybridized carbons (Fsp3) is 0.200. The molecule has 4 aromatic rings. The molecule has 0 radical (unpaired) electrons. The number of anilines is 2. The first-order chi connectivity index (χ1) is 18.4. The maximum Gasteiger partial charge on any atom is 0.411 e. The minimum Gasteiger partial charge on any atom is -0.354 e.